The lowest BCUT2D eigenvalue weighted by Crippen LogP contribution is -2.11. The molecule has 31 heavy (non-hydrogen) atoms. The molecule has 2 aromatic heterocycles. The lowest BCUT2D eigenvalue weighted by molar-refractivity contribution is 0.102. The van der Waals surface area contributed by atoms with Crippen LogP contribution in [0.4, 0.5) is 5.69 Å². The van der Waals surface area contributed by atoms with Crippen molar-refractivity contribution in [2.75, 3.05) is 5.32 Å². The maximum absolute atomic E-state index is 12.8. The van der Waals surface area contributed by atoms with Gasteiger partial charge in [-0.25, -0.2) is 9.67 Å². The minimum atomic E-state index is -0.159. The van der Waals surface area contributed by atoms with Gasteiger partial charge in [-0.3, -0.25) is 4.79 Å². The molecular weight excluding hydrogens is 386 g/mol. The highest BCUT2D eigenvalue weighted by molar-refractivity contribution is 6.06. The smallest absolute Gasteiger partial charge is 0.255 e. The van der Waals surface area contributed by atoms with Crippen LogP contribution < -0.4 is 5.32 Å². The van der Waals surface area contributed by atoms with Crippen LogP contribution in [0.25, 0.3) is 27.6 Å². The van der Waals surface area contributed by atoms with Gasteiger partial charge in [-0.15, -0.1) is 0 Å². The van der Waals surface area contributed by atoms with Crippen LogP contribution in [0, 0.1) is 0 Å². The normalized spacial score (nSPS) is 11.3. The first-order chi connectivity index (χ1) is 15.2. The van der Waals surface area contributed by atoms with Crippen molar-refractivity contribution in [3.05, 3.63) is 84.3 Å². The zero-order valence-corrected chi connectivity index (χ0v) is 17.3. The first kappa shape index (κ1) is 19.1. The van der Waals surface area contributed by atoms with Crippen molar-refractivity contribution in [3.8, 4) is 5.69 Å². The molecule has 3 aromatic carbocycles. The summed E-state index contributed by atoms with van der Waals surface area (Å²) in [5, 5.41) is 9.04. The van der Waals surface area contributed by atoms with Gasteiger partial charge in [0.2, 0.25) is 0 Å². The van der Waals surface area contributed by atoms with Crippen LogP contribution in [0.5, 0.6) is 0 Å². The molecule has 0 radical (unpaired) electrons. The second-order valence-electron chi connectivity index (χ2n) is 7.62. The number of nitrogens with one attached hydrogen (secondary N) is 2. The number of anilines is 1. The van der Waals surface area contributed by atoms with E-state index >= 15 is 0 Å². The van der Waals surface area contributed by atoms with Crippen molar-refractivity contribution in [1.29, 1.82) is 0 Å². The number of rotatable bonds is 6. The van der Waals surface area contributed by atoms with Gasteiger partial charge in [-0.05, 0) is 61.4 Å². The summed E-state index contributed by atoms with van der Waals surface area (Å²) in [5.41, 5.74) is 6.07. The molecule has 0 saturated carbocycles. The summed E-state index contributed by atoms with van der Waals surface area (Å²) in [4.78, 5) is 20.1. The summed E-state index contributed by atoms with van der Waals surface area (Å²) in [6.45, 7) is 2.19. The summed E-state index contributed by atoms with van der Waals surface area (Å²) < 4.78 is 1.96. The van der Waals surface area contributed by atoms with E-state index in [0.717, 1.165) is 58.3 Å². The van der Waals surface area contributed by atoms with Crippen molar-refractivity contribution < 1.29 is 4.79 Å². The van der Waals surface area contributed by atoms with E-state index in [4.69, 9.17) is 5.10 Å². The molecule has 0 saturated heterocycles. The van der Waals surface area contributed by atoms with E-state index in [2.05, 4.69) is 28.3 Å². The number of benzene rings is 3. The van der Waals surface area contributed by atoms with Crippen molar-refractivity contribution in [1.82, 2.24) is 19.7 Å². The van der Waals surface area contributed by atoms with Crippen molar-refractivity contribution in [3.63, 3.8) is 0 Å². The number of H-pyrrole nitrogens is 1. The van der Waals surface area contributed by atoms with Gasteiger partial charge in [-0.2, -0.15) is 5.10 Å². The van der Waals surface area contributed by atoms with E-state index in [-0.39, 0.29) is 5.91 Å². The van der Waals surface area contributed by atoms with Gasteiger partial charge in [0.05, 0.1) is 34.3 Å². The number of aryl methyl sites for hydroxylation is 1. The van der Waals surface area contributed by atoms with Gasteiger partial charge in [0.15, 0.2) is 0 Å². The summed E-state index contributed by atoms with van der Waals surface area (Å²) in [7, 11) is 0. The largest absolute Gasteiger partial charge is 0.345 e. The number of nitrogens with zero attached hydrogens (tertiary/aromatic N) is 3. The summed E-state index contributed by atoms with van der Waals surface area (Å²) in [6, 6.07) is 21.5. The van der Waals surface area contributed by atoms with Gasteiger partial charge in [-0.1, -0.05) is 31.5 Å². The number of para-hydroxylation sites is 1. The maximum Gasteiger partial charge on any atom is 0.255 e. The van der Waals surface area contributed by atoms with Crippen molar-refractivity contribution >= 4 is 33.5 Å². The van der Waals surface area contributed by atoms with Gasteiger partial charge in [0, 0.05) is 16.6 Å². The third-order valence-electron chi connectivity index (χ3n) is 5.47. The second-order valence-corrected chi connectivity index (χ2v) is 7.62. The predicted molar refractivity (Wildman–Crippen MR) is 124 cm³/mol. The monoisotopic (exact) mass is 409 g/mol. The molecule has 6 heteroatoms. The van der Waals surface area contributed by atoms with E-state index in [1.165, 1.54) is 0 Å². The van der Waals surface area contributed by atoms with Gasteiger partial charge >= 0.3 is 0 Å². The number of aromatic amines is 1. The number of unbranched alkanes of at least 4 members (excludes halogenated alkanes) is 1. The zero-order chi connectivity index (χ0) is 21.2. The molecule has 2 N–H and O–H groups in total. The van der Waals surface area contributed by atoms with Gasteiger partial charge in [0.1, 0.15) is 0 Å². The number of carbonyl (C=O) groups is 1. The Balaban J connectivity index is 1.51. The third-order valence-corrected chi connectivity index (χ3v) is 5.47. The van der Waals surface area contributed by atoms with E-state index in [1.54, 1.807) is 12.4 Å². The summed E-state index contributed by atoms with van der Waals surface area (Å²) in [6.07, 6.45) is 4.77. The Morgan fingerprint density at radius 1 is 1.06 bits per heavy atom. The van der Waals surface area contributed by atoms with Gasteiger partial charge in [0.25, 0.3) is 5.91 Å². The lowest BCUT2D eigenvalue weighted by atomic mass is 10.1. The highest BCUT2D eigenvalue weighted by Gasteiger charge is 2.14. The molecule has 0 atom stereocenters. The molecule has 5 rings (SSSR count). The Labute approximate surface area is 179 Å². The average molecular weight is 409 g/mol. The maximum atomic E-state index is 12.8. The number of imidazole rings is 1. The van der Waals surface area contributed by atoms with Crippen LogP contribution in [0.1, 0.15) is 35.8 Å². The van der Waals surface area contributed by atoms with Crippen LogP contribution >= 0.6 is 0 Å². The second kappa shape index (κ2) is 8.07. The SMILES string of the molecule is CCCCc1nn(-c2ccccc2)c2cc(NC(=O)c3ccc4nc[nH]c4c3)ccc12. The molecule has 2 heterocycles. The van der Waals surface area contributed by atoms with E-state index in [1.807, 2.05) is 59.3 Å². The van der Waals surface area contributed by atoms with Crippen molar-refractivity contribution in [2.45, 2.75) is 26.2 Å². The molecule has 154 valence electrons. The average Bonchev–Trinajstić information content (AvgIpc) is 3.42. The van der Waals surface area contributed by atoms with Crippen LogP contribution in [-0.2, 0) is 6.42 Å². The molecule has 6 nitrogen and oxygen atoms in total. The van der Waals surface area contributed by atoms with Crippen LogP contribution in [0.3, 0.4) is 0 Å². The Kier molecular flexibility index (Phi) is 4.96. The number of hydrogen-bond acceptors (Lipinski definition) is 3. The van der Waals surface area contributed by atoms with E-state index in [9.17, 15) is 4.79 Å². The van der Waals surface area contributed by atoms with Crippen LogP contribution in [0.15, 0.2) is 73.1 Å². The molecule has 0 unspecified atom stereocenters. The summed E-state index contributed by atoms with van der Waals surface area (Å²) in [5.74, 6) is -0.159. The molecule has 1 amide bonds. The fraction of sp³-hybridized carbons (Fsp3) is 0.160. The fourth-order valence-corrected chi connectivity index (χ4v) is 3.83. The Hall–Kier alpha value is -3.93. The number of hydrogen-bond donors (Lipinski definition) is 2. The molecule has 5 aromatic rings. The standard InChI is InChI=1S/C25H23N5O/c1-2-3-9-21-20-12-11-18(15-24(20)30(29-21)19-7-5-4-6-8-19)28-25(31)17-10-13-22-23(14-17)27-16-26-22/h4-8,10-16H,2-3,9H2,1H3,(H,26,27)(H,28,31). The van der Waals surface area contributed by atoms with Crippen LogP contribution in [-0.4, -0.2) is 25.7 Å². The molecule has 0 fully saturated rings. The quantitative estimate of drug-likeness (QED) is 0.389. The molecule has 0 spiro atoms. The number of carbonyl (C=O) groups excluding carboxylic acids is 1. The van der Waals surface area contributed by atoms with E-state index < -0.39 is 0 Å². The first-order valence-electron chi connectivity index (χ1n) is 10.5. The number of amides is 1. The minimum Gasteiger partial charge on any atom is -0.345 e. The Bertz CT molecular complexity index is 1370. The van der Waals surface area contributed by atoms with E-state index in [0.29, 0.717) is 5.56 Å². The lowest BCUT2D eigenvalue weighted by Gasteiger charge is -2.07. The number of fused-ring (bicyclic) bond motifs is 2. The molecule has 0 aliphatic heterocycles. The molecule has 0 aliphatic rings. The van der Waals surface area contributed by atoms with Crippen LogP contribution in [0.2, 0.25) is 0 Å². The predicted octanol–water partition coefficient (Wildman–Crippen LogP) is 5.50. The minimum absolute atomic E-state index is 0.159. The molecular formula is C25H23N5O. The highest BCUT2D eigenvalue weighted by Crippen LogP contribution is 2.27. The van der Waals surface area contributed by atoms with Crippen molar-refractivity contribution in [2.24, 2.45) is 0 Å². The zero-order valence-electron chi connectivity index (χ0n) is 17.3. The Morgan fingerprint density at radius 3 is 2.77 bits per heavy atom. The summed E-state index contributed by atoms with van der Waals surface area (Å²) >= 11 is 0. The number of aromatic nitrogens is 4. The highest BCUT2D eigenvalue weighted by atomic mass is 16.1. The molecule has 0 aliphatic carbocycles. The Morgan fingerprint density at radius 2 is 1.94 bits per heavy atom. The first-order valence-corrected chi connectivity index (χ1v) is 10.5. The van der Waals surface area contributed by atoms with Gasteiger partial charge < -0.3 is 10.3 Å². The molecule has 0 bridgehead atoms. The fourth-order valence-electron chi connectivity index (χ4n) is 3.83. The third kappa shape index (κ3) is 3.68. The topological polar surface area (TPSA) is 75.6 Å².